The minimum absolute atomic E-state index is 0.0466. The van der Waals surface area contributed by atoms with Gasteiger partial charge in [0.15, 0.2) is 0 Å². The molecule has 1 atom stereocenters. The first-order valence-electron chi connectivity index (χ1n) is 10.5. The second-order valence-corrected chi connectivity index (χ2v) is 9.44. The van der Waals surface area contributed by atoms with Crippen molar-refractivity contribution in [2.75, 3.05) is 13.2 Å². The predicted molar refractivity (Wildman–Crippen MR) is 121 cm³/mol. The van der Waals surface area contributed by atoms with E-state index in [9.17, 15) is 14.4 Å². The van der Waals surface area contributed by atoms with Crippen molar-refractivity contribution in [2.24, 2.45) is 0 Å². The van der Waals surface area contributed by atoms with Crippen LogP contribution in [-0.4, -0.2) is 58.2 Å². The monoisotopic (exact) mass is 447 g/mol. The van der Waals surface area contributed by atoms with Crippen LogP contribution in [0.2, 0.25) is 0 Å². The molecule has 0 saturated carbocycles. The van der Waals surface area contributed by atoms with Crippen molar-refractivity contribution >= 4 is 29.0 Å². The molecule has 0 spiro atoms. The zero-order chi connectivity index (χ0) is 24.1. The van der Waals surface area contributed by atoms with Gasteiger partial charge in [0.25, 0.3) is 0 Å². The number of amides is 2. The maximum atomic E-state index is 12.7. The van der Waals surface area contributed by atoms with Crippen LogP contribution in [0.1, 0.15) is 47.1 Å². The Hall–Kier alpha value is -3.07. The van der Waals surface area contributed by atoms with E-state index in [2.05, 4.69) is 10.6 Å². The zero-order valence-electron chi connectivity index (χ0n) is 19.5. The Balaban J connectivity index is 2.37. The van der Waals surface area contributed by atoms with Gasteiger partial charge in [-0.2, -0.15) is 0 Å². The van der Waals surface area contributed by atoms with Crippen molar-refractivity contribution in [3.8, 4) is 0 Å². The first kappa shape index (κ1) is 25.2. The smallest absolute Gasteiger partial charge is 0.419 e. The second kappa shape index (κ2) is 10.0. The van der Waals surface area contributed by atoms with Crippen LogP contribution in [0.15, 0.2) is 30.5 Å². The van der Waals surface area contributed by atoms with Crippen molar-refractivity contribution in [1.29, 1.82) is 0 Å². The minimum atomic E-state index is -0.978. The first-order chi connectivity index (χ1) is 14.8. The lowest BCUT2D eigenvalue weighted by Gasteiger charge is -2.23. The number of hydrogen-bond donors (Lipinski definition) is 3. The van der Waals surface area contributed by atoms with E-state index in [0.29, 0.717) is 11.1 Å². The number of aliphatic hydroxyl groups is 1. The van der Waals surface area contributed by atoms with Crippen LogP contribution in [0, 0.1) is 0 Å². The Morgan fingerprint density at radius 2 is 1.66 bits per heavy atom. The molecule has 0 aliphatic rings. The van der Waals surface area contributed by atoms with Gasteiger partial charge in [0.1, 0.15) is 17.2 Å². The molecule has 1 aromatic carbocycles. The zero-order valence-corrected chi connectivity index (χ0v) is 19.5. The van der Waals surface area contributed by atoms with Crippen LogP contribution < -0.4 is 10.6 Å². The molecule has 9 nitrogen and oxygen atoms in total. The maximum Gasteiger partial charge on any atom is 0.419 e. The number of carbonyl (C=O) groups excluding carboxylic acids is 3. The molecule has 0 aliphatic heterocycles. The number of ether oxygens (including phenoxy) is 2. The van der Waals surface area contributed by atoms with Crippen LogP contribution in [0.25, 0.3) is 10.9 Å². The normalized spacial score (nSPS) is 12.8. The molecular formula is C23H33N3O6. The topological polar surface area (TPSA) is 119 Å². The Morgan fingerprint density at radius 1 is 1.03 bits per heavy atom. The molecule has 1 unspecified atom stereocenters. The fourth-order valence-electron chi connectivity index (χ4n) is 3.06. The number of alkyl carbamates (subject to hydrolysis) is 1. The summed E-state index contributed by atoms with van der Waals surface area (Å²) in [5, 5.41) is 15.0. The van der Waals surface area contributed by atoms with Gasteiger partial charge in [0.05, 0.1) is 12.1 Å². The van der Waals surface area contributed by atoms with Crippen LogP contribution in [0.5, 0.6) is 0 Å². The quantitative estimate of drug-likeness (QED) is 0.626. The van der Waals surface area contributed by atoms with E-state index < -0.39 is 35.3 Å². The van der Waals surface area contributed by atoms with Gasteiger partial charge < -0.3 is 25.2 Å². The van der Waals surface area contributed by atoms with Crippen molar-refractivity contribution in [3.05, 3.63) is 36.0 Å². The molecule has 0 bridgehead atoms. The highest BCUT2D eigenvalue weighted by atomic mass is 16.6. The number of para-hydroxylation sites is 1. The summed E-state index contributed by atoms with van der Waals surface area (Å²) in [5.41, 5.74) is -0.105. The fraction of sp³-hybridized carbons (Fsp3) is 0.522. The van der Waals surface area contributed by atoms with Gasteiger partial charge >= 0.3 is 12.2 Å². The third-order valence-electron chi connectivity index (χ3n) is 4.23. The minimum Gasteiger partial charge on any atom is -0.444 e. The third kappa shape index (κ3) is 7.26. The van der Waals surface area contributed by atoms with Gasteiger partial charge in [0.2, 0.25) is 5.91 Å². The number of rotatable bonds is 6. The van der Waals surface area contributed by atoms with Gasteiger partial charge in [-0.05, 0) is 53.2 Å². The van der Waals surface area contributed by atoms with Gasteiger partial charge in [0, 0.05) is 24.5 Å². The highest BCUT2D eigenvalue weighted by Crippen LogP contribution is 2.24. The number of aliphatic hydroxyl groups excluding tert-OH is 1. The largest absolute Gasteiger partial charge is 0.444 e. The van der Waals surface area contributed by atoms with Crippen LogP contribution in [0.3, 0.4) is 0 Å². The highest BCUT2D eigenvalue weighted by Gasteiger charge is 2.27. The Kier molecular flexibility index (Phi) is 7.90. The lowest BCUT2D eigenvalue weighted by molar-refractivity contribution is -0.123. The molecule has 0 saturated heterocycles. The molecule has 2 amide bonds. The van der Waals surface area contributed by atoms with E-state index in [-0.39, 0.29) is 19.6 Å². The molecule has 2 rings (SSSR count). The van der Waals surface area contributed by atoms with E-state index in [0.717, 1.165) is 5.39 Å². The summed E-state index contributed by atoms with van der Waals surface area (Å²) in [4.78, 5) is 37.7. The van der Waals surface area contributed by atoms with E-state index in [1.165, 1.54) is 4.57 Å². The molecule has 0 fully saturated rings. The summed E-state index contributed by atoms with van der Waals surface area (Å²) in [7, 11) is 0. The number of fused-ring (bicyclic) bond motifs is 1. The van der Waals surface area contributed by atoms with Crippen molar-refractivity contribution in [1.82, 2.24) is 15.2 Å². The molecule has 1 heterocycles. The summed E-state index contributed by atoms with van der Waals surface area (Å²) in [5.74, 6) is -0.473. The molecule has 2 aromatic rings. The molecule has 1 aromatic heterocycles. The molecule has 0 aliphatic carbocycles. The Morgan fingerprint density at radius 3 is 2.25 bits per heavy atom. The number of hydrogen-bond acceptors (Lipinski definition) is 6. The van der Waals surface area contributed by atoms with E-state index in [1.54, 1.807) is 59.9 Å². The summed E-state index contributed by atoms with van der Waals surface area (Å²) in [6, 6.07) is 6.27. The molecule has 32 heavy (non-hydrogen) atoms. The average Bonchev–Trinajstić information content (AvgIpc) is 3.01. The standard InChI is InChI=1S/C23H33N3O6/c1-22(2,3)31-20(29)25-17(19(28)24-11-12-27)13-15-14-26(21(30)32-23(4,5)6)18-10-8-7-9-16(15)18/h7-10,14,17,27H,11-13H2,1-6H3,(H,24,28)(H,25,29). The van der Waals surface area contributed by atoms with Crippen LogP contribution >= 0.6 is 0 Å². The second-order valence-electron chi connectivity index (χ2n) is 9.44. The fourth-order valence-corrected chi connectivity index (χ4v) is 3.06. The third-order valence-corrected chi connectivity index (χ3v) is 4.23. The Labute approximate surface area is 188 Å². The van der Waals surface area contributed by atoms with Crippen molar-refractivity contribution in [2.45, 2.75) is 65.2 Å². The Bertz CT molecular complexity index is 968. The number of aromatic nitrogens is 1. The summed E-state index contributed by atoms with van der Waals surface area (Å²) in [6.07, 6.45) is 0.438. The average molecular weight is 448 g/mol. The predicted octanol–water partition coefficient (Wildman–Crippen LogP) is 2.97. The van der Waals surface area contributed by atoms with Gasteiger partial charge in [-0.25, -0.2) is 9.59 Å². The van der Waals surface area contributed by atoms with Crippen LogP contribution in [0.4, 0.5) is 9.59 Å². The molecule has 176 valence electrons. The van der Waals surface area contributed by atoms with Crippen LogP contribution in [-0.2, 0) is 20.7 Å². The van der Waals surface area contributed by atoms with E-state index >= 15 is 0 Å². The van der Waals surface area contributed by atoms with Gasteiger partial charge in [-0.15, -0.1) is 0 Å². The SMILES string of the molecule is CC(C)(C)OC(=O)NC(Cc1cn(C(=O)OC(C)(C)C)c2ccccc12)C(=O)NCCO. The number of carbonyl (C=O) groups is 3. The molecule has 3 N–H and O–H groups in total. The lowest BCUT2D eigenvalue weighted by atomic mass is 10.0. The van der Waals surface area contributed by atoms with Gasteiger partial charge in [-0.3, -0.25) is 9.36 Å². The summed E-state index contributed by atoms with van der Waals surface area (Å²) < 4.78 is 12.2. The highest BCUT2D eigenvalue weighted by molar-refractivity contribution is 5.93. The number of nitrogens with zero attached hydrogens (tertiary/aromatic N) is 1. The number of nitrogens with one attached hydrogen (secondary N) is 2. The summed E-state index contributed by atoms with van der Waals surface area (Å²) >= 11 is 0. The molecular weight excluding hydrogens is 414 g/mol. The van der Waals surface area contributed by atoms with Gasteiger partial charge in [-0.1, -0.05) is 18.2 Å². The van der Waals surface area contributed by atoms with E-state index in [4.69, 9.17) is 14.6 Å². The lowest BCUT2D eigenvalue weighted by Crippen LogP contribution is -2.49. The van der Waals surface area contributed by atoms with E-state index in [1.807, 2.05) is 12.1 Å². The maximum absolute atomic E-state index is 12.7. The van der Waals surface area contributed by atoms with Crippen molar-refractivity contribution < 1.29 is 29.0 Å². The molecule has 9 heteroatoms. The summed E-state index contributed by atoms with van der Waals surface area (Å²) in [6.45, 7) is 10.3. The first-order valence-corrected chi connectivity index (χ1v) is 10.5. The molecule has 0 radical (unpaired) electrons. The van der Waals surface area contributed by atoms with Crippen molar-refractivity contribution in [3.63, 3.8) is 0 Å². The number of benzene rings is 1.